The van der Waals surface area contributed by atoms with E-state index >= 15 is 0 Å². The number of hydrogen-bond acceptors (Lipinski definition) is 6. The second-order valence-corrected chi connectivity index (χ2v) is 5.64. The van der Waals surface area contributed by atoms with Crippen LogP contribution in [0, 0.1) is 10.1 Å². The highest BCUT2D eigenvalue weighted by molar-refractivity contribution is 5.76. The molecule has 0 fully saturated rings. The van der Waals surface area contributed by atoms with Crippen LogP contribution in [0.2, 0.25) is 0 Å². The maximum absolute atomic E-state index is 11.8. The van der Waals surface area contributed by atoms with E-state index in [-0.39, 0.29) is 12.1 Å². The van der Waals surface area contributed by atoms with Crippen LogP contribution in [0.15, 0.2) is 18.2 Å². The average molecular weight is 296 g/mol. The van der Waals surface area contributed by atoms with Crippen LogP contribution >= 0.6 is 0 Å². The molecule has 1 aromatic rings. The molecule has 7 nitrogen and oxygen atoms in total. The Balaban J connectivity index is 2.89. The zero-order valence-corrected chi connectivity index (χ0v) is 12.6. The van der Waals surface area contributed by atoms with E-state index in [2.05, 4.69) is 0 Å². The number of carbonyl (C=O) groups is 1. The zero-order valence-electron chi connectivity index (χ0n) is 12.6. The molecule has 0 amide bonds. The van der Waals surface area contributed by atoms with Crippen LogP contribution < -0.4 is 10.5 Å². The summed E-state index contributed by atoms with van der Waals surface area (Å²) in [5.74, 6) is -0.205. The van der Waals surface area contributed by atoms with Crippen LogP contribution in [-0.2, 0) is 16.0 Å². The third-order valence-corrected chi connectivity index (χ3v) is 2.56. The summed E-state index contributed by atoms with van der Waals surface area (Å²) in [6, 6.07) is 3.39. The quantitative estimate of drug-likeness (QED) is 0.505. The van der Waals surface area contributed by atoms with Crippen molar-refractivity contribution in [3.05, 3.63) is 33.9 Å². The predicted octanol–water partition coefficient (Wildman–Crippen LogP) is 1.81. The molecule has 0 radical (unpaired) electrons. The minimum atomic E-state index is -0.893. The van der Waals surface area contributed by atoms with E-state index in [1.165, 1.54) is 19.2 Å². The zero-order chi connectivity index (χ0) is 16.2. The Kier molecular flexibility index (Phi) is 5.26. The molecule has 0 aliphatic heterocycles. The van der Waals surface area contributed by atoms with E-state index in [1.54, 1.807) is 26.8 Å². The number of nitro groups is 1. The van der Waals surface area contributed by atoms with Gasteiger partial charge in [-0.05, 0) is 38.8 Å². The lowest BCUT2D eigenvalue weighted by Gasteiger charge is -2.22. The van der Waals surface area contributed by atoms with Crippen LogP contribution in [0.5, 0.6) is 5.75 Å². The Hall–Kier alpha value is -2.15. The summed E-state index contributed by atoms with van der Waals surface area (Å²) in [5, 5.41) is 10.9. The number of nitrogens with two attached hydrogens (primary N) is 1. The number of esters is 1. The summed E-state index contributed by atoms with van der Waals surface area (Å²) < 4.78 is 10.2. The fraction of sp³-hybridized carbons (Fsp3) is 0.500. The van der Waals surface area contributed by atoms with Crippen LogP contribution in [0.3, 0.4) is 0 Å². The predicted molar refractivity (Wildman–Crippen MR) is 77.2 cm³/mol. The van der Waals surface area contributed by atoms with Crippen molar-refractivity contribution < 1.29 is 19.2 Å². The van der Waals surface area contributed by atoms with Crippen molar-refractivity contribution in [2.75, 3.05) is 7.11 Å². The van der Waals surface area contributed by atoms with Gasteiger partial charge in [-0.15, -0.1) is 0 Å². The van der Waals surface area contributed by atoms with Gasteiger partial charge in [0.05, 0.1) is 18.1 Å². The number of methoxy groups -OCH3 is 1. The summed E-state index contributed by atoms with van der Waals surface area (Å²) >= 11 is 0. The molecule has 1 aromatic carbocycles. The number of hydrogen-bond donors (Lipinski definition) is 1. The van der Waals surface area contributed by atoms with E-state index < -0.39 is 22.5 Å². The van der Waals surface area contributed by atoms with Gasteiger partial charge >= 0.3 is 5.97 Å². The molecule has 116 valence electrons. The molecule has 1 unspecified atom stereocenters. The van der Waals surface area contributed by atoms with Gasteiger partial charge in [0.25, 0.3) is 5.69 Å². The lowest BCUT2D eigenvalue weighted by atomic mass is 10.0. The number of rotatable bonds is 5. The molecular formula is C14H20N2O5. The van der Waals surface area contributed by atoms with Crippen LogP contribution in [0.1, 0.15) is 26.3 Å². The van der Waals surface area contributed by atoms with Gasteiger partial charge in [-0.3, -0.25) is 14.9 Å². The average Bonchev–Trinajstić information content (AvgIpc) is 2.36. The van der Waals surface area contributed by atoms with Gasteiger partial charge in [-0.1, -0.05) is 0 Å². The van der Waals surface area contributed by atoms with Crippen LogP contribution in [0.25, 0.3) is 0 Å². The van der Waals surface area contributed by atoms with E-state index in [1.807, 2.05) is 0 Å². The molecule has 21 heavy (non-hydrogen) atoms. The monoisotopic (exact) mass is 296 g/mol. The first-order valence-electron chi connectivity index (χ1n) is 6.43. The van der Waals surface area contributed by atoms with E-state index in [0.29, 0.717) is 11.3 Å². The maximum atomic E-state index is 11.8. The largest absolute Gasteiger partial charge is 0.496 e. The Morgan fingerprint density at radius 1 is 1.38 bits per heavy atom. The fourth-order valence-corrected chi connectivity index (χ4v) is 1.70. The minimum absolute atomic E-state index is 0.110. The van der Waals surface area contributed by atoms with Gasteiger partial charge in [0.15, 0.2) is 0 Å². The Morgan fingerprint density at radius 2 is 2.00 bits per heavy atom. The molecule has 7 heteroatoms. The molecule has 1 rings (SSSR count). The van der Waals surface area contributed by atoms with Crippen molar-refractivity contribution in [3.8, 4) is 5.75 Å². The van der Waals surface area contributed by atoms with Gasteiger partial charge in [0.2, 0.25) is 0 Å². The van der Waals surface area contributed by atoms with Crippen molar-refractivity contribution in [2.45, 2.75) is 38.8 Å². The first kappa shape index (κ1) is 16.9. The third kappa shape index (κ3) is 5.39. The second kappa shape index (κ2) is 6.53. The topological polar surface area (TPSA) is 105 Å². The van der Waals surface area contributed by atoms with Crippen molar-refractivity contribution in [2.24, 2.45) is 5.73 Å². The molecule has 0 bridgehead atoms. The van der Waals surface area contributed by atoms with E-state index in [9.17, 15) is 14.9 Å². The standard InChI is InChI=1S/C14H20N2O5/c1-14(2,3)21-13(17)12(15)7-9-5-10(16(18)19)8-11(6-9)20-4/h5-6,8,12H,7,15H2,1-4H3. The molecule has 0 aromatic heterocycles. The van der Waals surface area contributed by atoms with Gasteiger partial charge < -0.3 is 15.2 Å². The van der Waals surface area contributed by atoms with Gasteiger partial charge in [0.1, 0.15) is 17.4 Å². The molecule has 0 spiro atoms. The first-order valence-corrected chi connectivity index (χ1v) is 6.43. The van der Waals surface area contributed by atoms with Crippen LogP contribution in [-0.4, -0.2) is 29.6 Å². The van der Waals surface area contributed by atoms with Crippen molar-refractivity contribution in [1.29, 1.82) is 0 Å². The van der Waals surface area contributed by atoms with Crippen molar-refractivity contribution >= 4 is 11.7 Å². The number of carbonyl (C=O) groups excluding carboxylic acids is 1. The number of non-ortho nitro benzene ring substituents is 1. The Morgan fingerprint density at radius 3 is 2.48 bits per heavy atom. The SMILES string of the molecule is COc1cc(CC(N)C(=O)OC(C)(C)C)cc([N+](=O)[O-])c1. The molecule has 0 aliphatic rings. The van der Waals surface area contributed by atoms with Gasteiger partial charge in [-0.2, -0.15) is 0 Å². The lowest BCUT2D eigenvalue weighted by molar-refractivity contribution is -0.385. The third-order valence-electron chi connectivity index (χ3n) is 2.56. The summed E-state index contributed by atoms with van der Waals surface area (Å²) in [4.78, 5) is 22.2. The molecule has 0 saturated carbocycles. The smallest absolute Gasteiger partial charge is 0.323 e. The highest BCUT2D eigenvalue weighted by atomic mass is 16.6. The summed E-state index contributed by atoms with van der Waals surface area (Å²) in [5.41, 5.74) is 5.59. The maximum Gasteiger partial charge on any atom is 0.323 e. The molecule has 1 atom stereocenters. The van der Waals surface area contributed by atoms with Crippen molar-refractivity contribution in [3.63, 3.8) is 0 Å². The summed E-state index contributed by atoms with van der Waals surface area (Å²) in [6.07, 6.45) is 0.132. The number of nitrogens with zero attached hydrogens (tertiary/aromatic N) is 1. The number of nitro benzene ring substituents is 1. The van der Waals surface area contributed by atoms with E-state index in [4.69, 9.17) is 15.2 Å². The van der Waals surface area contributed by atoms with Crippen molar-refractivity contribution in [1.82, 2.24) is 0 Å². The Labute approximate surface area is 123 Å². The number of ether oxygens (including phenoxy) is 2. The Bertz CT molecular complexity index is 537. The normalized spacial score (nSPS) is 12.6. The number of benzene rings is 1. The van der Waals surface area contributed by atoms with Crippen LogP contribution in [0.4, 0.5) is 5.69 Å². The van der Waals surface area contributed by atoms with E-state index in [0.717, 1.165) is 0 Å². The highest BCUT2D eigenvalue weighted by Gasteiger charge is 2.23. The summed E-state index contributed by atoms with van der Waals surface area (Å²) in [7, 11) is 1.41. The highest BCUT2D eigenvalue weighted by Crippen LogP contribution is 2.23. The first-order chi connectivity index (χ1) is 9.62. The second-order valence-electron chi connectivity index (χ2n) is 5.64. The fourth-order valence-electron chi connectivity index (χ4n) is 1.70. The minimum Gasteiger partial charge on any atom is -0.496 e. The molecule has 0 saturated heterocycles. The molecular weight excluding hydrogens is 276 g/mol. The molecule has 0 aliphatic carbocycles. The molecule has 0 heterocycles. The summed E-state index contributed by atoms with van der Waals surface area (Å²) in [6.45, 7) is 5.23. The van der Waals surface area contributed by atoms with Gasteiger partial charge in [0, 0.05) is 6.07 Å². The molecule has 2 N–H and O–H groups in total. The lowest BCUT2D eigenvalue weighted by Crippen LogP contribution is -2.38. The van der Waals surface area contributed by atoms with Gasteiger partial charge in [-0.25, -0.2) is 0 Å².